The highest BCUT2D eigenvalue weighted by Crippen LogP contribution is 2.47. The van der Waals surface area contributed by atoms with Crippen LogP contribution in [0.5, 0.6) is 0 Å². The van der Waals surface area contributed by atoms with Crippen LogP contribution in [0.1, 0.15) is 49.4 Å². The number of aldehydes is 1. The summed E-state index contributed by atoms with van der Waals surface area (Å²) < 4.78 is 0. The van der Waals surface area contributed by atoms with Crippen molar-refractivity contribution < 1.29 is 9.59 Å². The highest BCUT2D eigenvalue weighted by Gasteiger charge is 2.42. The molecule has 0 atom stereocenters. The normalized spacial score (nSPS) is 28.1. The second-order valence-corrected chi connectivity index (χ2v) is 7.31. The van der Waals surface area contributed by atoms with Gasteiger partial charge >= 0.3 is 0 Å². The average molecular weight is 320 g/mol. The van der Waals surface area contributed by atoms with Gasteiger partial charge in [-0.15, -0.1) is 0 Å². The van der Waals surface area contributed by atoms with Crippen LogP contribution >= 0.6 is 11.6 Å². The molecule has 3 nitrogen and oxygen atoms in total. The number of ketones is 1. The molecule has 0 radical (unpaired) electrons. The third kappa shape index (κ3) is 2.91. The van der Waals surface area contributed by atoms with Crippen molar-refractivity contribution in [3.05, 3.63) is 28.8 Å². The molecule has 1 saturated carbocycles. The Balaban J connectivity index is 1.74. The molecule has 2 aliphatic rings. The van der Waals surface area contributed by atoms with Gasteiger partial charge in [-0.05, 0) is 62.6 Å². The molecule has 1 heterocycles. The lowest BCUT2D eigenvalue weighted by Crippen LogP contribution is -2.33. The molecule has 0 bridgehead atoms. The molecule has 1 aromatic rings. The SMILES string of the molecule is CC(=O)C1CCC2(CC1)CCN(c1cc(Cl)ccc1C=O)C2. The van der Waals surface area contributed by atoms with E-state index >= 15 is 0 Å². The van der Waals surface area contributed by atoms with Crippen LogP contribution in [0.2, 0.25) is 5.02 Å². The lowest BCUT2D eigenvalue weighted by molar-refractivity contribution is -0.122. The van der Waals surface area contributed by atoms with Crippen molar-refractivity contribution in [3.63, 3.8) is 0 Å². The first-order valence-corrected chi connectivity index (χ1v) is 8.41. The zero-order valence-electron chi connectivity index (χ0n) is 13.0. The van der Waals surface area contributed by atoms with Crippen LogP contribution in [0.4, 0.5) is 5.69 Å². The lowest BCUT2D eigenvalue weighted by Gasteiger charge is -2.36. The van der Waals surface area contributed by atoms with Gasteiger partial charge in [0, 0.05) is 35.3 Å². The van der Waals surface area contributed by atoms with Crippen LogP contribution in [0.15, 0.2) is 18.2 Å². The Bertz CT molecular complexity index is 591. The van der Waals surface area contributed by atoms with Crippen molar-refractivity contribution in [2.45, 2.75) is 39.0 Å². The molecule has 3 rings (SSSR count). The number of Topliss-reactive ketones (excluding diaryl/α,β-unsaturated/α-hetero) is 1. The summed E-state index contributed by atoms with van der Waals surface area (Å²) in [5.74, 6) is 0.596. The van der Waals surface area contributed by atoms with Crippen molar-refractivity contribution in [2.75, 3.05) is 18.0 Å². The maximum atomic E-state index is 11.5. The fourth-order valence-electron chi connectivity index (χ4n) is 4.08. The van der Waals surface area contributed by atoms with Gasteiger partial charge in [-0.25, -0.2) is 0 Å². The van der Waals surface area contributed by atoms with Crippen LogP contribution in [0.25, 0.3) is 0 Å². The zero-order chi connectivity index (χ0) is 15.7. The fraction of sp³-hybridized carbons (Fsp3) is 0.556. The van der Waals surface area contributed by atoms with Crippen molar-refractivity contribution >= 4 is 29.4 Å². The van der Waals surface area contributed by atoms with Crippen molar-refractivity contribution in [1.29, 1.82) is 0 Å². The smallest absolute Gasteiger partial charge is 0.152 e. The number of rotatable bonds is 3. The fourth-order valence-corrected chi connectivity index (χ4v) is 4.24. The summed E-state index contributed by atoms with van der Waals surface area (Å²) in [6.07, 6.45) is 6.31. The van der Waals surface area contributed by atoms with Crippen LogP contribution < -0.4 is 4.90 Å². The Morgan fingerprint density at radius 2 is 2.05 bits per heavy atom. The number of carbonyl (C=O) groups excluding carboxylic acids is 2. The van der Waals surface area contributed by atoms with Crippen LogP contribution in [0.3, 0.4) is 0 Å². The van der Waals surface area contributed by atoms with Gasteiger partial charge in [0.25, 0.3) is 0 Å². The third-order valence-electron chi connectivity index (χ3n) is 5.52. The van der Waals surface area contributed by atoms with Crippen molar-refractivity contribution in [3.8, 4) is 0 Å². The average Bonchev–Trinajstić information content (AvgIpc) is 2.91. The summed E-state index contributed by atoms with van der Waals surface area (Å²) in [6.45, 7) is 3.65. The quantitative estimate of drug-likeness (QED) is 0.786. The third-order valence-corrected chi connectivity index (χ3v) is 5.75. The Morgan fingerprint density at radius 3 is 2.68 bits per heavy atom. The maximum absolute atomic E-state index is 11.5. The number of anilines is 1. The molecule has 2 fully saturated rings. The summed E-state index contributed by atoms with van der Waals surface area (Å²) in [7, 11) is 0. The summed E-state index contributed by atoms with van der Waals surface area (Å²) in [6, 6.07) is 5.45. The monoisotopic (exact) mass is 319 g/mol. The number of carbonyl (C=O) groups is 2. The molecule has 1 aliphatic heterocycles. The molecule has 22 heavy (non-hydrogen) atoms. The number of hydrogen-bond donors (Lipinski definition) is 0. The Morgan fingerprint density at radius 1 is 1.32 bits per heavy atom. The summed E-state index contributed by atoms with van der Waals surface area (Å²) in [4.78, 5) is 25.1. The van der Waals surface area contributed by atoms with Gasteiger partial charge in [0.2, 0.25) is 0 Å². The molecule has 1 saturated heterocycles. The van der Waals surface area contributed by atoms with Crippen LogP contribution in [-0.4, -0.2) is 25.2 Å². The Labute approximate surface area is 136 Å². The van der Waals surface area contributed by atoms with Crippen LogP contribution in [0, 0.1) is 11.3 Å². The molecule has 0 aromatic heterocycles. The largest absolute Gasteiger partial charge is 0.370 e. The number of halogens is 1. The van der Waals surface area contributed by atoms with Crippen molar-refractivity contribution in [2.24, 2.45) is 11.3 Å². The Kier molecular flexibility index (Phi) is 4.26. The van der Waals surface area contributed by atoms with Gasteiger partial charge < -0.3 is 4.90 Å². The van der Waals surface area contributed by atoms with E-state index in [2.05, 4.69) is 4.90 Å². The molecule has 4 heteroatoms. The van der Waals surface area contributed by atoms with E-state index in [4.69, 9.17) is 11.6 Å². The van der Waals surface area contributed by atoms with Gasteiger partial charge in [-0.3, -0.25) is 9.59 Å². The minimum atomic E-state index is 0.261. The van der Waals surface area contributed by atoms with E-state index in [-0.39, 0.29) is 5.92 Å². The molecule has 1 spiro atoms. The Hall–Kier alpha value is -1.35. The van der Waals surface area contributed by atoms with Gasteiger partial charge in [0.05, 0.1) is 0 Å². The predicted octanol–water partition coefficient (Wildman–Crippen LogP) is 4.13. The van der Waals surface area contributed by atoms with E-state index in [1.54, 1.807) is 19.1 Å². The van der Waals surface area contributed by atoms with E-state index in [9.17, 15) is 9.59 Å². The highest BCUT2D eigenvalue weighted by atomic mass is 35.5. The van der Waals surface area contributed by atoms with E-state index in [1.807, 2.05) is 6.07 Å². The summed E-state index contributed by atoms with van der Waals surface area (Å²) >= 11 is 6.10. The predicted molar refractivity (Wildman–Crippen MR) is 88.7 cm³/mol. The lowest BCUT2D eigenvalue weighted by atomic mass is 9.69. The highest BCUT2D eigenvalue weighted by molar-refractivity contribution is 6.31. The number of benzene rings is 1. The van der Waals surface area contributed by atoms with Gasteiger partial charge in [-0.2, -0.15) is 0 Å². The summed E-state index contributed by atoms with van der Waals surface area (Å²) in [5.41, 5.74) is 1.97. The second-order valence-electron chi connectivity index (χ2n) is 6.88. The molecule has 1 aromatic carbocycles. The molecular formula is C18H22ClNO2. The van der Waals surface area contributed by atoms with E-state index in [1.165, 1.54) is 0 Å². The molecular weight excluding hydrogens is 298 g/mol. The van der Waals surface area contributed by atoms with Crippen LogP contribution in [-0.2, 0) is 4.79 Å². The zero-order valence-corrected chi connectivity index (χ0v) is 13.7. The number of hydrogen-bond acceptors (Lipinski definition) is 3. The second kappa shape index (κ2) is 6.04. The molecule has 1 aliphatic carbocycles. The van der Waals surface area contributed by atoms with Gasteiger partial charge in [0.1, 0.15) is 5.78 Å². The van der Waals surface area contributed by atoms with E-state index < -0.39 is 0 Å². The van der Waals surface area contributed by atoms with Crippen molar-refractivity contribution in [1.82, 2.24) is 0 Å². The molecule has 0 amide bonds. The minimum Gasteiger partial charge on any atom is -0.370 e. The summed E-state index contributed by atoms with van der Waals surface area (Å²) in [5, 5.41) is 0.668. The van der Waals surface area contributed by atoms with Gasteiger partial charge in [-0.1, -0.05) is 11.6 Å². The first-order chi connectivity index (χ1) is 10.5. The standard InChI is InChI=1S/C18H22ClNO2/c1-13(22)14-4-6-18(7-5-14)8-9-20(12-18)17-10-16(19)3-2-15(17)11-21/h2-3,10-11,14H,4-9,12H2,1H3. The topological polar surface area (TPSA) is 37.4 Å². The first-order valence-electron chi connectivity index (χ1n) is 8.03. The van der Waals surface area contributed by atoms with Gasteiger partial charge in [0.15, 0.2) is 6.29 Å². The maximum Gasteiger partial charge on any atom is 0.152 e. The minimum absolute atomic E-state index is 0.261. The molecule has 0 N–H and O–H groups in total. The first kappa shape index (κ1) is 15.5. The van der Waals surface area contributed by atoms with E-state index in [0.29, 0.717) is 21.8 Å². The molecule has 0 unspecified atom stereocenters. The van der Waals surface area contributed by atoms with E-state index in [0.717, 1.165) is 57.2 Å². The number of nitrogens with zero attached hydrogens (tertiary/aromatic N) is 1. The molecule has 118 valence electrons.